The molecule has 2 aromatic heterocycles. The molecule has 9 rings (SSSR count). The fraction of sp³-hybridized carbons (Fsp3) is 0.148. The van der Waals surface area contributed by atoms with Crippen LogP contribution in [0.3, 0.4) is 0 Å². The Bertz CT molecular complexity index is 2850. The van der Waals surface area contributed by atoms with Crippen molar-refractivity contribution in [3.8, 4) is 55.9 Å². The highest BCUT2D eigenvalue weighted by molar-refractivity contribution is 7.99. The van der Waals surface area contributed by atoms with E-state index in [9.17, 15) is 0 Å². The van der Waals surface area contributed by atoms with Gasteiger partial charge in [-0.25, -0.2) is 0 Å². The fourth-order valence-corrected chi connectivity index (χ4v) is 9.78. The SMILES string of the molecule is Cc1cc(-c2cc(C)c(-c3cc(C)c(-c4cc(C)c(N5c6ccccc6Sc6ccccc65)cc4C)cc3C)cc2C)c(C)cc1-c1ccc(-c2ccccn2)nc1. The Morgan fingerprint density at radius 3 is 1.24 bits per heavy atom. The van der Waals surface area contributed by atoms with Gasteiger partial charge in [0, 0.05) is 33.4 Å². The van der Waals surface area contributed by atoms with Crippen LogP contribution in [0.1, 0.15) is 44.5 Å². The summed E-state index contributed by atoms with van der Waals surface area (Å²) in [4.78, 5) is 14.2. The molecule has 0 bridgehead atoms. The van der Waals surface area contributed by atoms with Gasteiger partial charge in [0.05, 0.1) is 22.8 Å². The third-order valence-corrected chi connectivity index (χ3v) is 12.9. The first-order valence-corrected chi connectivity index (χ1v) is 20.9. The molecule has 0 spiro atoms. The number of aryl methyl sites for hydroxylation is 8. The first kappa shape index (κ1) is 37.4. The number of nitrogens with zero attached hydrogens (tertiary/aromatic N) is 3. The van der Waals surface area contributed by atoms with E-state index < -0.39 is 0 Å². The van der Waals surface area contributed by atoms with E-state index in [4.69, 9.17) is 4.98 Å². The van der Waals surface area contributed by atoms with Crippen molar-refractivity contribution in [2.24, 2.45) is 0 Å². The van der Waals surface area contributed by atoms with E-state index in [0.29, 0.717) is 0 Å². The van der Waals surface area contributed by atoms with Gasteiger partial charge >= 0.3 is 0 Å². The van der Waals surface area contributed by atoms with Gasteiger partial charge in [0.2, 0.25) is 0 Å². The third-order valence-electron chi connectivity index (χ3n) is 11.8. The maximum absolute atomic E-state index is 4.75. The number of hydrogen-bond donors (Lipinski definition) is 0. The van der Waals surface area contributed by atoms with Gasteiger partial charge in [-0.3, -0.25) is 9.97 Å². The molecule has 284 valence electrons. The summed E-state index contributed by atoms with van der Waals surface area (Å²) in [5.74, 6) is 0. The monoisotopic (exact) mass is 769 g/mol. The minimum Gasteiger partial charge on any atom is -0.308 e. The molecular formula is C54H47N3S. The maximum Gasteiger partial charge on any atom is 0.0886 e. The second-order valence-corrected chi connectivity index (χ2v) is 17.0. The Balaban J connectivity index is 1.03. The van der Waals surface area contributed by atoms with Crippen molar-refractivity contribution in [3.05, 3.63) is 184 Å². The molecule has 0 amide bonds. The van der Waals surface area contributed by atoms with Gasteiger partial charge in [0.1, 0.15) is 0 Å². The molecule has 0 unspecified atom stereocenters. The van der Waals surface area contributed by atoms with Crippen LogP contribution in [0.2, 0.25) is 0 Å². The van der Waals surface area contributed by atoms with E-state index in [2.05, 4.69) is 174 Å². The Morgan fingerprint density at radius 2 is 0.776 bits per heavy atom. The number of para-hydroxylation sites is 2. The van der Waals surface area contributed by atoms with Gasteiger partial charge in [-0.05, 0) is 193 Å². The molecule has 0 saturated carbocycles. The number of pyridine rings is 2. The number of benzene rings is 6. The average molecular weight is 770 g/mol. The quantitative estimate of drug-likeness (QED) is 0.168. The van der Waals surface area contributed by atoms with Crippen molar-refractivity contribution in [3.63, 3.8) is 0 Å². The average Bonchev–Trinajstić information content (AvgIpc) is 3.23. The topological polar surface area (TPSA) is 29.0 Å². The van der Waals surface area contributed by atoms with Gasteiger partial charge in [0.15, 0.2) is 0 Å². The number of hydrogen-bond acceptors (Lipinski definition) is 4. The number of rotatable bonds is 6. The third kappa shape index (κ3) is 6.62. The molecule has 0 radical (unpaired) electrons. The second kappa shape index (κ2) is 14.9. The molecule has 0 aliphatic carbocycles. The molecule has 1 aliphatic rings. The molecule has 0 atom stereocenters. The van der Waals surface area contributed by atoms with Crippen LogP contribution in [0.15, 0.2) is 150 Å². The van der Waals surface area contributed by atoms with E-state index in [-0.39, 0.29) is 0 Å². The van der Waals surface area contributed by atoms with Gasteiger partial charge in [0.25, 0.3) is 0 Å². The highest BCUT2D eigenvalue weighted by Gasteiger charge is 2.26. The Morgan fingerprint density at radius 1 is 0.362 bits per heavy atom. The van der Waals surface area contributed by atoms with Crippen molar-refractivity contribution in [1.82, 2.24) is 9.97 Å². The molecule has 0 fully saturated rings. The summed E-state index contributed by atoms with van der Waals surface area (Å²) < 4.78 is 0. The zero-order valence-electron chi connectivity index (χ0n) is 34.5. The molecule has 3 nitrogen and oxygen atoms in total. The highest BCUT2D eigenvalue weighted by atomic mass is 32.2. The minimum atomic E-state index is 0.881. The molecule has 58 heavy (non-hydrogen) atoms. The lowest BCUT2D eigenvalue weighted by Crippen LogP contribution is -2.16. The zero-order chi connectivity index (χ0) is 40.2. The summed E-state index contributed by atoms with van der Waals surface area (Å²) in [5, 5.41) is 0. The van der Waals surface area contributed by atoms with Crippen molar-refractivity contribution in [2.45, 2.75) is 65.2 Å². The summed E-state index contributed by atoms with van der Waals surface area (Å²) in [7, 11) is 0. The summed E-state index contributed by atoms with van der Waals surface area (Å²) in [6.45, 7) is 18.0. The van der Waals surface area contributed by atoms with Gasteiger partial charge < -0.3 is 4.90 Å². The van der Waals surface area contributed by atoms with Crippen LogP contribution >= 0.6 is 11.8 Å². The van der Waals surface area contributed by atoms with Crippen molar-refractivity contribution in [1.29, 1.82) is 0 Å². The lowest BCUT2D eigenvalue weighted by atomic mass is 9.85. The van der Waals surface area contributed by atoms with Crippen LogP contribution in [0.5, 0.6) is 0 Å². The highest BCUT2D eigenvalue weighted by Crippen LogP contribution is 2.52. The Labute approximate surface area is 347 Å². The van der Waals surface area contributed by atoms with Crippen LogP contribution in [0, 0.1) is 55.4 Å². The maximum atomic E-state index is 4.75. The summed E-state index contributed by atoms with van der Waals surface area (Å²) in [6.07, 6.45) is 3.78. The lowest BCUT2D eigenvalue weighted by molar-refractivity contribution is 1.15. The van der Waals surface area contributed by atoms with E-state index >= 15 is 0 Å². The van der Waals surface area contributed by atoms with Crippen LogP contribution < -0.4 is 4.90 Å². The minimum absolute atomic E-state index is 0.881. The standard InChI is InChI=1S/C54H47N3S/c1-32-24-42(33(2)23-41(32)40-20-21-49(56-31-40)48-15-13-14-22-55-48)43-25-35(4)44(26-34(43)3)45-27-37(6)46(28-36(45)5)47-29-39(8)52(30-38(47)7)57-50-16-9-11-18-53(50)58-54-19-12-10-17-51(54)57/h9-31H,1-8H3. The van der Waals surface area contributed by atoms with Crippen molar-refractivity contribution >= 4 is 28.8 Å². The predicted octanol–water partition coefficient (Wildman–Crippen LogP) is 15.2. The number of anilines is 3. The van der Waals surface area contributed by atoms with E-state index in [0.717, 1.165) is 17.0 Å². The first-order chi connectivity index (χ1) is 28.0. The van der Waals surface area contributed by atoms with Gasteiger partial charge in [-0.15, -0.1) is 0 Å². The molecular weight excluding hydrogens is 723 g/mol. The summed E-state index contributed by atoms with van der Waals surface area (Å²) >= 11 is 1.85. The van der Waals surface area contributed by atoms with E-state index in [1.54, 1.807) is 0 Å². The van der Waals surface area contributed by atoms with Crippen molar-refractivity contribution < 1.29 is 0 Å². The smallest absolute Gasteiger partial charge is 0.0886 e. The van der Waals surface area contributed by atoms with E-state index in [1.807, 2.05) is 42.4 Å². The predicted molar refractivity (Wildman–Crippen MR) is 246 cm³/mol. The number of aromatic nitrogens is 2. The molecule has 6 aromatic carbocycles. The molecule has 1 aliphatic heterocycles. The second-order valence-electron chi connectivity index (χ2n) is 15.9. The van der Waals surface area contributed by atoms with Crippen molar-refractivity contribution in [2.75, 3.05) is 4.90 Å². The van der Waals surface area contributed by atoms with Crippen LogP contribution in [-0.2, 0) is 0 Å². The summed E-state index contributed by atoms with van der Waals surface area (Å²) in [5.41, 5.74) is 25.7. The largest absolute Gasteiger partial charge is 0.308 e. The molecule has 4 heteroatoms. The normalized spacial score (nSPS) is 12.0. The molecule has 8 aromatic rings. The Hall–Kier alpha value is -6.23. The lowest BCUT2D eigenvalue weighted by Gasteiger charge is -2.34. The first-order valence-electron chi connectivity index (χ1n) is 20.1. The van der Waals surface area contributed by atoms with E-state index in [1.165, 1.54) is 110 Å². The van der Waals surface area contributed by atoms with Crippen LogP contribution in [0.4, 0.5) is 17.1 Å². The molecule has 0 saturated heterocycles. The number of fused-ring (bicyclic) bond motifs is 2. The zero-order valence-corrected chi connectivity index (χ0v) is 35.3. The van der Waals surface area contributed by atoms with Gasteiger partial charge in [-0.1, -0.05) is 84.6 Å². The molecule has 3 heterocycles. The van der Waals surface area contributed by atoms with Gasteiger partial charge in [-0.2, -0.15) is 0 Å². The van der Waals surface area contributed by atoms with Crippen LogP contribution in [-0.4, -0.2) is 9.97 Å². The molecule has 0 N–H and O–H groups in total. The van der Waals surface area contributed by atoms with Crippen LogP contribution in [0.25, 0.3) is 55.9 Å². The summed E-state index contributed by atoms with van der Waals surface area (Å²) in [6, 6.07) is 46.7. The Kier molecular flexibility index (Phi) is 9.62. The fourth-order valence-electron chi connectivity index (χ4n) is 8.73.